The molecule has 2 rings (SSSR count). The first-order valence-corrected chi connectivity index (χ1v) is 7.92. The zero-order chi connectivity index (χ0) is 15.1. The van der Waals surface area contributed by atoms with Crippen LogP contribution in [0.4, 0.5) is 0 Å². The number of carbonyl (C=O) groups excluding carboxylic acids is 1. The van der Waals surface area contributed by atoms with Crippen LogP contribution in [0.25, 0.3) is 0 Å². The molecule has 1 aliphatic rings. The van der Waals surface area contributed by atoms with Gasteiger partial charge in [-0.25, -0.2) is 0 Å². The van der Waals surface area contributed by atoms with Gasteiger partial charge in [0.25, 0.3) is 0 Å². The van der Waals surface area contributed by atoms with Crippen LogP contribution in [0.3, 0.4) is 0 Å². The van der Waals surface area contributed by atoms with Crippen LogP contribution in [0, 0.1) is 6.92 Å². The lowest BCUT2D eigenvalue weighted by atomic mass is 10.2. The summed E-state index contributed by atoms with van der Waals surface area (Å²) in [7, 11) is 1.90. The topological polar surface area (TPSA) is 57.5 Å². The molecule has 1 atom stereocenters. The third-order valence-corrected chi connectivity index (χ3v) is 3.99. The first-order chi connectivity index (χ1) is 10.2. The number of aryl methyl sites for hydroxylation is 1. The van der Waals surface area contributed by atoms with Crippen LogP contribution in [0.5, 0.6) is 0 Å². The number of furan rings is 1. The fraction of sp³-hybridized carbons (Fsp3) is 0.688. The molecule has 0 bridgehead atoms. The van der Waals surface area contributed by atoms with Crippen molar-refractivity contribution in [3.05, 3.63) is 23.7 Å². The number of rotatable bonds is 8. The van der Waals surface area contributed by atoms with E-state index in [0.717, 1.165) is 37.6 Å². The Morgan fingerprint density at radius 2 is 2.00 bits per heavy atom. The molecule has 0 aromatic carbocycles. The fourth-order valence-electron chi connectivity index (χ4n) is 2.82. The van der Waals surface area contributed by atoms with E-state index in [2.05, 4.69) is 15.5 Å². The molecular weight excluding hydrogens is 337 g/mol. The van der Waals surface area contributed by atoms with E-state index < -0.39 is 0 Å². The van der Waals surface area contributed by atoms with E-state index in [0.29, 0.717) is 13.0 Å². The number of carbonyl (C=O) groups is 1. The minimum atomic E-state index is 0. The van der Waals surface area contributed by atoms with E-state index in [4.69, 9.17) is 4.42 Å². The summed E-state index contributed by atoms with van der Waals surface area (Å²) < 4.78 is 5.79. The SMILES string of the molecule is CNCCCC(=O)NCC(c1ccc(C)o1)N1CCCC1.Cl.Cl. The van der Waals surface area contributed by atoms with Gasteiger partial charge >= 0.3 is 0 Å². The Bertz CT molecular complexity index is 448. The van der Waals surface area contributed by atoms with Crippen LogP contribution in [-0.4, -0.2) is 44.0 Å². The molecule has 134 valence electrons. The number of halogens is 2. The summed E-state index contributed by atoms with van der Waals surface area (Å²) in [4.78, 5) is 14.3. The van der Waals surface area contributed by atoms with Gasteiger partial charge in [-0.05, 0) is 65.0 Å². The number of likely N-dealkylation sites (tertiary alicyclic amines) is 1. The maximum Gasteiger partial charge on any atom is 0.220 e. The first kappa shape index (κ1) is 22.2. The van der Waals surface area contributed by atoms with Crippen molar-refractivity contribution in [2.45, 2.75) is 38.6 Å². The molecule has 7 heteroatoms. The second-order valence-electron chi connectivity index (χ2n) is 5.72. The van der Waals surface area contributed by atoms with E-state index in [9.17, 15) is 4.79 Å². The predicted octanol–water partition coefficient (Wildman–Crippen LogP) is 2.68. The van der Waals surface area contributed by atoms with Gasteiger partial charge in [0.05, 0.1) is 6.04 Å². The van der Waals surface area contributed by atoms with Gasteiger partial charge in [-0.2, -0.15) is 0 Å². The average Bonchev–Trinajstić information content (AvgIpc) is 3.12. The van der Waals surface area contributed by atoms with Crippen molar-refractivity contribution in [3.63, 3.8) is 0 Å². The molecule has 5 nitrogen and oxygen atoms in total. The second-order valence-corrected chi connectivity index (χ2v) is 5.72. The van der Waals surface area contributed by atoms with Crippen molar-refractivity contribution >= 4 is 30.7 Å². The molecule has 1 aromatic rings. The van der Waals surface area contributed by atoms with E-state index in [-0.39, 0.29) is 36.8 Å². The quantitative estimate of drug-likeness (QED) is 0.695. The van der Waals surface area contributed by atoms with Gasteiger partial charge in [0.1, 0.15) is 11.5 Å². The van der Waals surface area contributed by atoms with Gasteiger partial charge in [-0.3, -0.25) is 9.69 Å². The number of hydrogen-bond donors (Lipinski definition) is 2. The summed E-state index contributed by atoms with van der Waals surface area (Å²) in [5, 5.41) is 6.12. The summed E-state index contributed by atoms with van der Waals surface area (Å²) in [6.45, 7) is 5.63. The highest BCUT2D eigenvalue weighted by Crippen LogP contribution is 2.26. The lowest BCUT2D eigenvalue weighted by molar-refractivity contribution is -0.121. The molecular formula is C16H29Cl2N3O2. The van der Waals surface area contributed by atoms with Crippen molar-refractivity contribution in [3.8, 4) is 0 Å². The Kier molecular flexibility index (Phi) is 11.4. The van der Waals surface area contributed by atoms with Crippen LogP contribution < -0.4 is 10.6 Å². The smallest absolute Gasteiger partial charge is 0.220 e. The van der Waals surface area contributed by atoms with Crippen molar-refractivity contribution in [2.75, 3.05) is 33.2 Å². The maximum atomic E-state index is 11.9. The molecule has 1 amide bonds. The van der Waals surface area contributed by atoms with Gasteiger partial charge in [-0.1, -0.05) is 0 Å². The third kappa shape index (κ3) is 7.12. The molecule has 0 spiro atoms. The lowest BCUT2D eigenvalue weighted by Gasteiger charge is -2.26. The van der Waals surface area contributed by atoms with Crippen molar-refractivity contribution in [1.82, 2.24) is 15.5 Å². The highest BCUT2D eigenvalue weighted by atomic mass is 35.5. The van der Waals surface area contributed by atoms with Crippen LogP contribution in [-0.2, 0) is 4.79 Å². The van der Waals surface area contributed by atoms with Crippen LogP contribution >= 0.6 is 24.8 Å². The highest BCUT2D eigenvalue weighted by Gasteiger charge is 2.26. The van der Waals surface area contributed by atoms with E-state index >= 15 is 0 Å². The number of nitrogens with one attached hydrogen (secondary N) is 2. The molecule has 0 radical (unpaired) electrons. The van der Waals surface area contributed by atoms with Gasteiger partial charge in [0.2, 0.25) is 5.91 Å². The summed E-state index contributed by atoms with van der Waals surface area (Å²) in [5.74, 6) is 2.01. The zero-order valence-electron chi connectivity index (χ0n) is 14.0. The first-order valence-electron chi connectivity index (χ1n) is 7.92. The zero-order valence-corrected chi connectivity index (χ0v) is 15.6. The van der Waals surface area contributed by atoms with Gasteiger partial charge in [0.15, 0.2) is 0 Å². The van der Waals surface area contributed by atoms with Crippen LogP contribution in [0.1, 0.15) is 43.2 Å². The van der Waals surface area contributed by atoms with E-state index in [1.54, 1.807) is 0 Å². The van der Waals surface area contributed by atoms with Crippen LogP contribution in [0.2, 0.25) is 0 Å². The standard InChI is InChI=1S/C16H27N3O2.2ClH/c1-13-7-8-15(21-13)14(19-10-3-4-11-19)12-18-16(20)6-5-9-17-2;;/h7-8,14,17H,3-6,9-12H2,1-2H3,(H,18,20);2*1H. The Balaban J connectivity index is 0.00000242. The van der Waals surface area contributed by atoms with Crippen LogP contribution in [0.15, 0.2) is 16.5 Å². The Labute approximate surface area is 151 Å². The number of hydrogen-bond acceptors (Lipinski definition) is 4. The molecule has 2 N–H and O–H groups in total. The Morgan fingerprint density at radius 3 is 2.57 bits per heavy atom. The molecule has 1 unspecified atom stereocenters. The van der Waals surface area contributed by atoms with Crippen molar-refractivity contribution in [2.24, 2.45) is 0 Å². The minimum Gasteiger partial charge on any atom is -0.465 e. The van der Waals surface area contributed by atoms with Gasteiger partial charge in [0, 0.05) is 13.0 Å². The average molecular weight is 366 g/mol. The molecule has 1 saturated heterocycles. The van der Waals surface area contributed by atoms with E-state index in [1.165, 1.54) is 12.8 Å². The van der Waals surface area contributed by atoms with E-state index in [1.807, 2.05) is 26.1 Å². The van der Waals surface area contributed by atoms with Gasteiger partial charge in [-0.15, -0.1) is 24.8 Å². The molecule has 0 aliphatic carbocycles. The summed E-state index contributed by atoms with van der Waals surface area (Å²) >= 11 is 0. The molecule has 1 aromatic heterocycles. The Hall–Kier alpha value is -0.750. The highest BCUT2D eigenvalue weighted by molar-refractivity contribution is 5.85. The predicted molar refractivity (Wildman–Crippen MR) is 97.7 cm³/mol. The maximum absolute atomic E-state index is 11.9. The van der Waals surface area contributed by atoms with Crippen molar-refractivity contribution in [1.29, 1.82) is 0 Å². The fourth-order valence-corrected chi connectivity index (χ4v) is 2.82. The normalized spacial score (nSPS) is 15.6. The number of amides is 1. The largest absolute Gasteiger partial charge is 0.465 e. The molecule has 1 fully saturated rings. The van der Waals surface area contributed by atoms with Gasteiger partial charge < -0.3 is 15.1 Å². The summed E-state index contributed by atoms with van der Waals surface area (Å²) in [6, 6.07) is 4.19. The Morgan fingerprint density at radius 1 is 1.30 bits per heavy atom. The minimum absolute atomic E-state index is 0. The third-order valence-electron chi connectivity index (χ3n) is 3.99. The summed E-state index contributed by atoms with van der Waals surface area (Å²) in [5.41, 5.74) is 0. The molecule has 2 heterocycles. The van der Waals surface area contributed by atoms with Crippen molar-refractivity contribution < 1.29 is 9.21 Å². The monoisotopic (exact) mass is 365 g/mol. The number of nitrogens with zero attached hydrogens (tertiary/aromatic N) is 1. The lowest BCUT2D eigenvalue weighted by Crippen LogP contribution is -2.36. The molecule has 23 heavy (non-hydrogen) atoms. The molecule has 0 saturated carbocycles. The molecule has 1 aliphatic heterocycles. The summed E-state index contributed by atoms with van der Waals surface area (Å²) in [6.07, 6.45) is 3.90. The second kappa shape index (κ2) is 11.7.